The first-order chi connectivity index (χ1) is 8.97. The Morgan fingerprint density at radius 2 is 2.11 bits per heavy atom. The highest BCUT2D eigenvalue weighted by Crippen LogP contribution is 2.58. The van der Waals surface area contributed by atoms with Crippen molar-refractivity contribution in [3.05, 3.63) is 28.7 Å². The zero-order chi connectivity index (χ0) is 14.0. The third kappa shape index (κ3) is 2.60. The molecule has 1 aliphatic rings. The Labute approximate surface area is 112 Å². The fourth-order valence-electron chi connectivity index (χ4n) is 1.88. The van der Waals surface area contributed by atoms with Gasteiger partial charge < -0.3 is 9.84 Å². The summed E-state index contributed by atoms with van der Waals surface area (Å²) < 4.78 is 25.2. The van der Waals surface area contributed by atoms with E-state index in [1.54, 1.807) is 0 Å². The van der Waals surface area contributed by atoms with E-state index in [4.69, 9.17) is 9.84 Å². The van der Waals surface area contributed by atoms with Gasteiger partial charge >= 0.3 is 5.97 Å². The minimum Gasteiger partial charge on any atom is -0.492 e. The van der Waals surface area contributed by atoms with Gasteiger partial charge in [-0.05, 0) is 24.6 Å². The van der Waals surface area contributed by atoms with Gasteiger partial charge in [-0.3, -0.25) is 9.11 Å². The quantitative estimate of drug-likeness (QED) is 0.718. The number of aromatic carboxylic acids is 1. The molecule has 2 rings (SSSR count). The molecular weight excluding hydrogens is 268 g/mol. The molecular formula is C13H16O5S. The normalized spacial score (nSPS) is 17.0. The molecule has 1 aromatic carbocycles. The molecule has 0 fully saturated rings. The van der Waals surface area contributed by atoms with Crippen molar-refractivity contribution < 1.29 is 23.7 Å². The van der Waals surface area contributed by atoms with Crippen molar-refractivity contribution in [2.45, 2.75) is 24.7 Å². The molecule has 104 valence electrons. The number of carbonyl (C=O) groups is 1. The number of rotatable bonds is 5. The summed E-state index contributed by atoms with van der Waals surface area (Å²) in [5, 5.41) is 10.4. The van der Waals surface area contributed by atoms with Gasteiger partial charge in [-0.1, -0.05) is 13.3 Å². The first-order valence-electron chi connectivity index (χ1n) is 5.97. The van der Waals surface area contributed by atoms with E-state index in [1.165, 1.54) is 23.6 Å². The Kier molecular flexibility index (Phi) is 3.84. The van der Waals surface area contributed by atoms with Crippen LogP contribution in [0, 0.1) is 0 Å². The number of unbranched alkanes of at least 4 members (excludes halogenated alkanes) is 1. The fraction of sp³-hybridized carbons (Fsp3) is 0.308. The predicted octanol–water partition coefficient (Wildman–Crippen LogP) is 3.66. The Morgan fingerprint density at radius 3 is 2.74 bits per heavy atom. The highest BCUT2D eigenvalue weighted by molar-refractivity contribution is 8.27. The molecule has 0 aromatic heterocycles. The summed E-state index contributed by atoms with van der Waals surface area (Å²) in [6.07, 6.45) is 3.25. The second-order valence-electron chi connectivity index (χ2n) is 4.26. The average molecular weight is 284 g/mol. The van der Waals surface area contributed by atoms with E-state index < -0.39 is 16.6 Å². The summed E-state index contributed by atoms with van der Waals surface area (Å²) in [5.74, 6) is -0.877. The predicted molar refractivity (Wildman–Crippen MR) is 74.0 cm³/mol. The SMILES string of the molecule is CCCCOc1c(C(=O)O)ccc2c1C=CS2(O)O. The summed E-state index contributed by atoms with van der Waals surface area (Å²) in [6, 6.07) is 2.78. The maximum atomic E-state index is 11.2. The molecule has 3 N–H and O–H groups in total. The smallest absolute Gasteiger partial charge is 0.339 e. The van der Waals surface area contributed by atoms with Gasteiger partial charge in [0.25, 0.3) is 0 Å². The van der Waals surface area contributed by atoms with E-state index in [0.29, 0.717) is 17.1 Å². The lowest BCUT2D eigenvalue weighted by Crippen LogP contribution is -2.07. The van der Waals surface area contributed by atoms with Crippen LogP contribution in [0.15, 0.2) is 22.4 Å². The van der Waals surface area contributed by atoms with Gasteiger partial charge in [0.2, 0.25) is 0 Å². The number of hydrogen-bond acceptors (Lipinski definition) is 4. The molecule has 0 bridgehead atoms. The van der Waals surface area contributed by atoms with Crippen molar-refractivity contribution >= 4 is 22.6 Å². The van der Waals surface area contributed by atoms with Crippen molar-refractivity contribution in [3.8, 4) is 5.75 Å². The summed E-state index contributed by atoms with van der Waals surface area (Å²) in [6.45, 7) is 2.41. The molecule has 0 aliphatic carbocycles. The van der Waals surface area contributed by atoms with Crippen LogP contribution in [0.25, 0.3) is 6.08 Å². The number of carboxylic acid groups (broad SMARTS) is 1. The van der Waals surface area contributed by atoms with E-state index in [9.17, 15) is 13.9 Å². The third-order valence-electron chi connectivity index (χ3n) is 2.88. The number of carboxylic acids is 1. The number of benzene rings is 1. The molecule has 0 unspecified atom stereocenters. The molecule has 0 atom stereocenters. The Hall–Kier alpha value is -1.50. The molecule has 6 heteroatoms. The zero-order valence-electron chi connectivity index (χ0n) is 10.5. The monoisotopic (exact) mass is 284 g/mol. The van der Waals surface area contributed by atoms with E-state index in [2.05, 4.69) is 0 Å². The largest absolute Gasteiger partial charge is 0.492 e. The van der Waals surface area contributed by atoms with Gasteiger partial charge in [0.15, 0.2) is 0 Å². The number of hydrogen-bond donors (Lipinski definition) is 3. The van der Waals surface area contributed by atoms with Gasteiger partial charge in [-0.15, -0.1) is 10.6 Å². The maximum Gasteiger partial charge on any atom is 0.339 e. The van der Waals surface area contributed by atoms with Gasteiger partial charge in [0.05, 0.1) is 11.5 Å². The molecule has 1 aliphatic heterocycles. The Bertz CT molecular complexity index is 536. The summed E-state index contributed by atoms with van der Waals surface area (Å²) in [5.41, 5.74) is 0.493. The lowest BCUT2D eigenvalue weighted by molar-refractivity contribution is 0.0692. The van der Waals surface area contributed by atoms with Crippen molar-refractivity contribution in [2.75, 3.05) is 6.61 Å². The highest BCUT2D eigenvalue weighted by atomic mass is 32.3. The second kappa shape index (κ2) is 5.24. The molecule has 1 aromatic rings. The molecule has 0 saturated carbocycles. The minimum atomic E-state index is -2.95. The van der Waals surface area contributed by atoms with Gasteiger partial charge in [-0.25, -0.2) is 4.79 Å². The minimum absolute atomic E-state index is 0.0385. The van der Waals surface area contributed by atoms with Crippen LogP contribution < -0.4 is 4.74 Å². The van der Waals surface area contributed by atoms with E-state index in [-0.39, 0.29) is 11.3 Å². The highest BCUT2D eigenvalue weighted by Gasteiger charge is 2.28. The van der Waals surface area contributed by atoms with Gasteiger partial charge in [-0.2, -0.15) is 0 Å². The van der Waals surface area contributed by atoms with Crippen LogP contribution in [0.3, 0.4) is 0 Å². The van der Waals surface area contributed by atoms with E-state index in [0.717, 1.165) is 12.8 Å². The summed E-state index contributed by atoms with van der Waals surface area (Å²) in [4.78, 5) is 11.5. The molecule has 0 radical (unpaired) electrons. The Balaban J connectivity index is 2.45. The lowest BCUT2D eigenvalue weighted by Gasteiger charge is -2.26. The first kappa shape index (κ1) is 13.9. The standard InChI is InChI=1S/C13H16O5S/c1-2-3-7-18-12-9-6-8-19(16,17)11(9)5-4-10(12)13(14)15/h4-6,8,16-17H,2-3,7H2,1H3,(H,14,15). The molecule has 5 nitrogen and oxygen atoms in total. The second-order valence-corrected chi connectivity index (χ2v) is 6.15. The maximum absolute atomic E-state index is 11.2. The van der Waals surface area contributed by atoms with Crippen molar-refractivity contribution in [1.29, 1.82) is 0 Å². The molecule has 0 spiro atoms. The average Bonchev–Trinajstić information content (AvgIpc) is 2.66. The lowest BCUT2D eigenvalue weighted by atomic mass is 10.1. The van der Waals surface area contributed by atoms with Gasteiger partial charge in [0.1, 0.15) is 11.3 Å². The third-order valence-corrected chi connectivity index (χ3v) is 4.40. The van der Waals surface area contributed by atoms with Gasteiger partial charge in [0, 0.05) is 11.0 Å². The molecule has 1 heterocycles. The topological polar surface area (TPSA) is 87.0 Å². The number of ether oxygens (including phenoxy) is 1. The van der Waals surface area contributed by atoms with Crippen LogP contribution in [0.2, 0.25) is 0 Å². The summed E-state index contributed by atoms with van der Waals surface area (Å²) in [7, 11) is -2.95. The van der Waals surface area contributed by atoms with Crippen molar-refractivity contribution in [2.24, 2.45) is 0 Å². The molecule has 0 saturated heterocycles. The van der Waals surface area contributed by atoms with E-state index in [1.807, 2.05) is 6.92 Å². The van der Waals surface area contributed by atoms with Crippen LogP contribution in [-0.4, -0.2) is 26.8 Å². The van der Waals surface area contributed by atoms with Crippen LogP contribution in [0.1, 0.15) is 35.7 Å². The van der Waals surface area contributed by atoms with Crippen LogP contribution in [0.5, 0.6) is 5.75 Å². The van der Waals surface area contributed by atoms with Crippen LogP contribution >= 0.6 is 10.6 Å². The zero-order valence-corrected chi connectivity index (χ0v) is 11.3. The summed E-state index contributed by atoms with van der Waals surface area (Å²) >= 11 is 0. The van der Waals surface area contributed by atoms with Crippen LogP contribution in [0.4, 0.5) is 0 Å². The molecule has 19 heavy (non-hydrogen) atoms. The van der Waals surface area contributed by atoms with E-state index >= 15 is 0 Å². The first-order valence-corrected chi connectivity index (χ1v) is 7.58. The number of fused-ring (bicyclic) bond motifs is 1. The fourth-order valence-corrected chi connectivity index (χ4v) is 3.11. The van der Waals surface area contributed by atoms with Crippen molar-refractivity contribution in [3.63, 3.8) is 0 Å². The Morgan fingerprint density at radius 1 is 1.37 bits per heavy atom. The van der Waals surface area contributed by atoms with Crippen LogP contribution in [-0.2, 0) is 0 Å². The molecule has 0 amide bonds. The van der Waals surface area contributed by atoms with Crippen molar-refractivity contribution in [1.82, 2.24) is 0 Å².